The van der Waals surface area contributed by atoms with E-state index in [2.05, 4.69) is 39.6 Å². The topological polar surface area (TPSA) is 33.2 Å². The third-order valence-electron chi connectivity index (χ3n) is 3.05. The number of pyridine rings is 1. The molecule has 0 aliphatic heterocycles. The van der Waals surface area contributed by atoms with Crippen molar-refractivity contribution >= 4 is 5.91 Å². The maximum Gasteiger partial charge on any atom is 0.253 e. The summed E-state index contributed by atoms with van der Waals surface area (Å²) in [4.78, 5) is 18.8. The fourth-order valence-corrected chi connectivity index (χ4v) is 2.01. The zero-order valence-electron chi connectivity index (χ0n) is 12.9. The molecule has 0 aromatic carbocycles. The highest BCUT2D eigenvalue weighted by molar-refractivity contribution is 5.94. The van der Waals surface area contributed by atoms with Crippen LogP contribution in [0.25, 0.3) is 0 Å². The minimum absolute atomic E-state index is 0.0311. The summed E-state index contributed by atoms with van der Waals surface area (Å²) in [6.45, 7) is 12.2. The fraction of sp³-hybridized carbons (Fsp3) is 0.625. The quantitative estimate of drug-likeness (QED) is 0.811. The van der Waals surface area contributed by atoms with Gasteiger partial charge in [-0.2, -0.15) is 0 Å². The molecular weight excluding hydrogens is 236 g/mol. The number of carbonyl (C=O) groups excluding carboxylic acids is 1. The molecule has 0 radical (unpaired) electrons. The second-order valence-electron chi connectivity index (χ2n) is 5.97. The predicted octanol–water partition coefficient (Wildman–Crippen LogP) is 3.64. The van der Waals surface area contributed by atoms with E-state index in [-0.39, 0.29) is 11.3 Å². The Bertz CT molecular complexity index is 415. The molecule has 0 saturated carbocycles. The molecule has 1 aromatic heterocycles. The van der Waals surface area contributed by atoms with Gasteiger partial charge in [0.1, 0.15) is 0 Å². The van der Waals surface area contributed by atoms with Gasteiger partial charge >= 0.3 is 0 Å². The summed E-state index contributed by atoms with van der Waals surface area (Å²) < 4.78 is 0. The Hall–Kier alpha value is -1.38. The molecule has 0 aliphatic rings. The zero-order valence-corrected chi connectivity index (χ0v) is 12.9. The number of nitrogens with zero attached hydrogens (tertiary/aromatic N) is 2. The van der Waals surface area contributed by atoms with Gasteiger partial charge < -0.3 is 4.90 Å². The summed E-state index contributed by atoms with van der Waals surface area (Å²) >= 11 is 0. The van der Waals surface area contributed by atoms with Gasteiger partial charge in [-0.15, -0.1) is 0 Å². The van der Waals surface area contributed by atoms with Crippen LogP contribution in [0.4, 0.5) is 0 Å². The Morgan fingerprint density at radius 1 is 1.21 bits per heavy atom. The van der Waals surface area contributed by atoms with Gasteiger partial charge in [0.2, 0.25) is 0 Å². The third-order valence-corrected chi connectivity index (χ3v) is 3.05. The SMILES string of the molecule is CCCN(CCC)C(=O)c1ccnc(C(C)(C)C)c1. The van der Waals surface area contributed by atoms with E-state index in [1.807, 2.05) is 17.0 Å². The summed E-state index contributed by atoms with van der Waals surface area (Å²) in [7, 11) is 0. The van der Waals surface area contributed by atoms with Gasteiger partial charge in [-0.05, 0) is 25.0 Å². The van der Waals surface area contributed by atoms with E-state index < -0.39 is 0 Å². The van der Waals surface area contributed by atoms with Crippen LogP contribution < -0.4 is 0 Å². The summed E-state index contributed by atoms with van der Waals surface area (Å²) in [6.07, 6.45) is 3.72. The van der Waals surface area contributed by atoms with E-state index in [9.17, 15) is 4.79 Å². The van der Waals surface area contributed by atoms with Crippen molar-refractivity contribution in [3.05, 3.63) is 29.6 Å². The number of amides is 1. The lowest BCUT2D eigenvalue weighted by Gasteiger charge is -2.23. The van der Waals surface area contributed by atoms with E-state index >= 15 is 0 Å². The van der Waals surface area contributed by atoms with Crippen molar-refractivity contribution in [2.45, 2.75) is 52.9 Å². The van der Waals surface area contributed by atoms with Crippen LogP contribution in [-0.4, -0.2) is 28.9 Å². The molecule has 0 saturated heterocycles. The van der Waals surface area contributed by atoms with Gasteiger partial charge in [-0.3, -0.25) is 9.78 Å². The minimum Gasteiger partial charge on any atom is -0.339 e. The maximum atomic E-state index is 12.5. The monoisotopic (exact) mass is 262 g/mol. The van der Waals surface area contributed by atoms with E-state index in [4.69, 9.17) is 0 Å². The van der Waals surface area contributed by atoms with Crippen molar-refractivity contribution in [3.8, 4) is 0 Å². The van der Waals surface area contributed by atoms with Gasteiger partial charge in [0.05, 0.1) is 0 Å². The largest absolute Gasteiger partial charge is 0.339 e. The molecule has 1 rings (SSSR count). The molecule has 0 N–H and O–H groups in total. The van der Waals surface area contributed by atoms with Gasteiger partial charge in [0.15, 0.2) is 0 Å². The fourth-order valence-electron chi connectivity index (χ4n) is 2.01. The summed E-state index contributed by atoms with van der Waals surface area (Å²) in [5, 5.41) is 0. The van der Waals surface area contributed by atoms with Gasteiger partial charge in [0, 0.05) is 36.0 Å². The van der Waals surface area contributed by atoms with E-state index in [1.54, 1.807) is 6.20 Å². The van der Waals surface area contributed by atoms with Crippen molar-refractivity contribution in [1.82, 2.24) is 9.88 Å². The number of hydrogen-bond donors (Lipinski definition) is 0. The number of hydrogen-bond acceptors (Lipinski definition) is 2. The standard InChI is InChI=1S/C16H26N2O/c1-6-10-18(11-7-2)15(19)13-8-9-17-14(12-13)16(3,4)5/h8-9,12H,6-7,10-11H2,1-5H3. The van der Waals surface area contributed by atoms with Crippen LogP contribution in [0.3, 0.4) is 0 Å². The zero-order chi connectivity index (χ0) is 14.5. The average molecular weight is 262 g/mol. The molecule has 19 heavy (non-hydrogen) atoms. The smallest absolute Gasteiger partial charge is 0.253 e. The molecule has 3 heteroatoms. The molecule has 3 nitrogen and oxygen atoms in total. The van der Waals surface area contributed by atoms with Crippen molar-refractivity contribution in [2.75, 3.05) is 13.1 Å². The molecule has 1 aromatic rings. The van der Waals surface area contributed by atoms with Crippen LogP contribution >= 0.6 is 0 Å². The summed E-state index contributed by atoms with van der Waals surface area (Å²) in [5.74, 6) is 0.122. The van der Waals surface area contributed by atoms with Crippen LogP contribution in [0.15, 0.2) is 18.3 Å². The van der Waals surface area contributed by atoms with Crippen molar-refractivity contribution in [3.63, 3.8) is 0 Å². The second-order valence-corrected chi connectivity index (χ2v) is 5.97. The lowest BCUT2D eigenvalue weighted by atomic mass is 9.91. The highest BCUT2D eigenvalue weighted by Gasteiger charge is 2.19. The second kappa shape index (κ2) is 6.69. The normalized spacial score (nSPS) is 11.4. The number of rotatable bonds is 5. The highest BCUT2D eigenvalue weighted by Crippen LogP contribution is 2.21. The Balaban J connectivity index is 2.98. The molecule has 0 atom stereocenters. The van der Waals surface area contributed by atoms with E-state index in [0.717, 1.165) is 37.2 Å². The molecule has 106 valence electrons. The first kappa shape index (κ1) is 15.7. The molecule has 0 aliphatic carbocycles. The van der Waals surface area contributed by atoms with Gasteiger partial charge in [-0.25, -0.2) is 0 Å². The van der Waals surface area contributed by atoms with Crippen molar-refractivity contribution < 1.29 is 4.79 Å². The molecule has 0 fully saturated rings. The molecule has 0 bridgehead atoms. The lowest BCUT2D eigenvalue weighted by molar-refractivity contribution is 0.0755. The van der Waals surface area contributed by atoms with Crippen molar-refractivity contribution in [2.24, 2.45) is 0 Å². The maximum absolute atomic E-state index is 12.5. The van der Waals surface area contributed by atoms with Crippen LogP contribution in [0.2, 0.25) is 0 Å². The predicted molar refractivity (Wildman–Crippen MR) is 79.4 cm³/mol. The first-order valence-electron chi connectivity index (χ1n) is 7.16. The molecule has 0 unspecified atom stereocenters. The van der Waals surface area contributed by atoms with Gasteiger partial charge in [0.25, 0.3) is 5.91 Å². The first-order chi connectivity index (χ1) is 8.90. The first-order valence-corrected chi connectivity index (χ1v) is 7.16. The Morgan fingerprint density at radius 3 is 2.26 bits per heavy atom. The van der Waals surface area contributed by atoms with Crippen LogP contribution in [0.5, 0.6) is 0 Å². The Labute approximate surface area is 117 Å². The Kier molecular flexibility index (Phi) is 5.52. The third kappa shape index (κ3) is 4.34. The highest BCUT2D eigenvalue weighted by atomic mass is 16.2. The average Bonchev–Trinajstić information content (AvgIpc) is 2.37. The minimum atomic E-state index is -0.0311. The van der Waals surface area contributed by atoms with Crippen LogP contribution in [0, 0.1) is 0 Å². The van der Waals surface area contributed by atoms with Crippen LogP contribution in [-0.2, 0) is 5.41 Å². The molecule has 1 heterocycles. The lowest BCUT2D eigenvalue weighted by Crippen LogP contribution is -2.32. The number of aromatic nitrogens is 1. The number of carbonyl (C=O) groups is 1. The molecule has 0 spiro atoms. The molecule has 1 amide bonds. The van der Waals surface area contributed by atoms with Gasteiger partial charge in [-0.1, -0.05) is 34.6 Å². The van der Waals surface area contributed by atoms with E-state index in [0.29, 0.717) is 0 Å². The van der Waals surface area contributed by atoms with Crippen molar-refractivity contribution in [1.29, 1.82) is 0 Å². The van der Waals surface area contributed by atoms with E-state index in [1.165, 1.54) is 0 Å². The van der Waals surface area contributed by atoms with Crippen LogP contribution in [0.1, 0.15) is 63.5 Å². The summed E-state index contributed by atoms with van der Waals surface area (Å²) in [6, 6.07) is 3.75. The Morgan fingerprint density at radius 2 is 1.79 bits per heavy atom. The summed E-state index contributed by atoms with van der Waals surface area (Å²) in [5.41, 5.74) is 1.68. The molecular formula is C16H26N2O.